The van der Waals surface area contributed by atoms with E-state index in [0.717, 1.165) is 211 Å². The average molecular weight is 1510 g/mol. The summed E-state index contributed by atoms with van der Waals surface area (Å²) in [6.07, 6.45) is 4.61. The molecule has 4 aliphatic rings. The molecule has 0 saturated carbocycles. The number of aromatic nitrogens is 8. The third-order valence-corrected chi connectivity index (χ3v) is 20.3. The van der Waals surface area contributed by atoms with Crippen LogP contribution < -0.4 is 30.6 Å². The molecule has 4 fully saturated rings. The Morgan fingerprint density at radius 1 is 0.606 bits per heavy atom. The van der Waals surface area contributed by atoms with Crippen molar-refractivity contribution < 1.29 is 47.2 Å². The van der Waals surface area contributed by atoms with Crippen LogP contribution >= 0.6 is 11.6 Å². The van der Waals surface area contributed by atoms with Crippen LogP contribution in [0.1, 0.15) is 128 Å². The van der Waals surface area contributed by atoms with Gasteiger partial charge in [-0.05, 0) is 150 Å². The van der Waals surface area contributed by atoms with Crippen LogP contribution in [0.5, 0.6) is 17.2 Å². The number of fused-ring (bicyclic) bond motifs is 6. The summed E-state index contributed by atoms with van der Waals surface area (Å²) in [6, 6.07) is 26.9. The predicted molar refractivity (Wildman–Crippen MR) is 431 cm³/mol. The molecule has 0 bridgehead atoms. The molecular formula is C82H104ClN15O11. The quantitative estimate of drug-likeness (QED) is 0.0348. The number of non-ortho nitro benzene ring substituents is 1. The number of methoxy groups -OCH3 is 2. The predicted octanol–water partition coefficient (Wildman–Crippen LogP) is 16.9. The Labute approximate surface area is 641 Å². The van der Waals surface area contributed by atoms with Crippen molar-refractivity contribution in [1.29, 1.82) is 0 Å². The van der Waals surface area contributed by atoms with E-state index in [-0.39, 0.29) is 43.2 Å². The summed E-state index contributed by atoms with van der Waals surface area (Å²) in [5, 5.41) is 28.9. The number of rotatable bonds is 11. The maximum atomic E-state index is 13.6. The third kappa shape index (κ3) is 18.3. The van der Waals surface area contributed by atoms with Gasteiger partial charge in [0, 0.05) is 170 Å². The molecule has 5 aromatic carbocycles. The lowest BCUT2D eigenvalue weighted by atomic mass is 9.84. The first-order chi connectivity index (χ1) is 51.1. The number of amides is 2. The molecule has 15 rings (SSSR count). The molecule has 0 spiro atoms. The number of nitro benzene ring substituents is 1. The molecule has 6 aromatic heterocycles. The first kappa shape index (κ1) is 81.4. The number of anilines is 2. The van der Waals surface area contributed by atoms with Gasteiger partial charge in [-0.2, -0.15) is 0 Å². The number of hydrogen-bond acceptors (Lipinski definition) is 21. The van der Waals surface area contributed by atoms with Crippen LogP contribution in [0.2, 0.25) is 0 Å². The van der Waals surface area contributed by atoms with E-state index in [1.807, 2.05) is 82.8 Å². The smallest absolute Gasteiger partial charge is 0.409 e. The van der Waals surface area contributed by atoms with E-state index in [9.17, 15) is 19.7 Å². The third-order valence-electron chi connectivity index (χ3n) is 20.3. The molecule has 4 saturated heterocycles. The SMILES string of the molecule is C.C.C1CN(C2CCOCC2)CCN1.COc1cc2c(cc1-c1c(C)noc1C)[nH]c1nc(C)nc(-c3ccc(N)c(C(C)(C)C)c3)c12.COc1cc2c(cc1-c1c(C)noc1C)[nH]c1nc(C)nc(-c3ccc(NC(=O)N4CCN(C5CCOCC5)CC4)c(C(C)(C)C)c3)c12.O=C(Cl)Oc1ccc([N+](=O)[O-])cc1. The number of carbonyl (C=O) groups is 2. The molecule has 0 aliphatic carbocycles. The van der Waals surface area contributed by atoms with E-state index in [1.54, 1.807) is 14.2 Å². The molecule has 2 amide bonds. The maximum absolute atomic E-state index is 13.6. The standard InChI is InChI=1S/C37H45N7O4.C27H29N5O2.C9H18N2O.C7H4ClNO4.2CH4/c1-21-32(22(2)48-42-21)27-19-30-26(20-31(27)46-7)33-34(38-23(3)39-35(33)40-30)24-8-9-29(28(18-24)37(4,5)6)41-36(45)44-14-12-43(13-15-44)25-10-16-47-17-11-25;1-13-23(14(2)34-32-13)18-11-21-17(12-22(18)33-7)24-25(29-15(3)30-26(24)31-21)16-8-9-20(28)19(10-16)27(4,5)6;1-7-12-8-2-9(1)11-5-3-10-4-6-11;8-7(10)13-6-3-1-5(2-4-6)9(11)12;;/h8-9,18-20,25H,10-17H2,1-7H3,(H,41,45)(H,38,39,40);8-12H,28H2,1-7H3,(H,29,30,31);9-10H,1-8H2;1-4H;2*1H4. The van der Waals surface area contributed by atoms with Crippen molar-refractivity contribution in [2.45, 2.75) is 147 Å². The number of hydrogen-bond donors (Lipinski definition) is 5. The number of ether oxygens (including phenoxy) is 5. The summed E-state index contributed by atoms with van der Waals surface area (Å²) < 4.78 is 38.0. The minimum absolute atomic E-state index is 0. The number of nitrogens with zero attached hydrogens (tertiary/aromatic N) is 10. The van der Waals surface area contributed by atoms with Crippen molar-refractivity contribution in [3.8, 4) is 62.0 Å². The van der Waals surface area contributed by atoms with Crippen LogP contribution in [0.15, 0.2) is 94.0 Å². The Bertz CT molecular complexity index is 4990. The summed E-state index contributed by atoms with van der Waals surface area (Å²) in [7, 11) is 3.35. The number of nitrogens with two attached hydrogens (primary N) is 1. The fraction of sp³-hybridized carbons (Fsp3) is 0.439. The number of benzene rings is 5. The van der Waals surface area contributed by atoms with Crippen LogP contribution in [0.25, 0.3) is 88.6 Å². The molecule has 26 nitrogen and oxygen atoms in total. The highest BCUT2D eigenvalue weighted by atomic mass is 35.5. The van der Waals surface area contributed by atoms with Crippen molar-refractivity contribution >= 4 is 84.0 Å². The monoisotopic (exact) mass is 1510 g/mol. The van der Waals surface area contributed by atoms with Gasteiger partial charge in [-0.1, -0.05) is 78.8 Å². The van der Waals surface area contributed by atoms with Crippen molar-refractivity contribution in [1.82, 2.24) is 60.2 Å². The number of carbonyl (C=O) groups excluding carboxylic acids is 2. The largest absolute Gasteiger partial charge is 0.496 e. The number of piperazine rings is 2. The van der Waals surface area contributed by atoms with Crippen molar-refractivity contribution in [3.05, 3.63) is 141 Å². The van der Waals surface area contributed by atoms with E-state index in [0.29, 0.717) is 36.5 Å². The Kier molecular flexibility index (Phi) is 25.9. The van der Waals surface area contributed by atoms with Crippen molar-refractivity contribution in [2.75, 3.05) is 104 Å². The second kappa shape index (κ2) is 34.6. The first-order valence-electron chi connectivity index (χ1n) is 36.4. The fourth-order valence-electron chi connectivity index (χ4n) is 14.9. The maximum Gasteiger partial charge on any atom is 0.409 e. The number of nitrogen functional groups attached to an aromatic ring is 1. The lowest BCUT2D eigenvalue weighted by Gasteiger charge is -2.40. The van der Waals surface area contributed by atoms with Crippen LogP contribution in [-0.2, 0) is 20.3 Å². The second-order valence-corrected chi connectivity index (χ2v) is 29.9. The molecule has 4 aliphatic heterocycles. The van der Waals surface area contributed by atoms with E-state index < -0.39 is 10.4 Å². The number of aromatic amines is 2. The number of halogens is 1. The molecule has 10 heterocycles. The normalized spacial score (nSPS) is 15.4. The summed E-state index contributed by atoms with van der Waals surface area (Å²) in [5.74, 6) is 4.47. The molecule has 0 unspecified atom stereocenters. The summed E-state index contributed by atoms with van der Waals surface area (Å²) in [5.41, 5.74) is 21.0. The van der Waals surface area contributed by atoms with Gasteiger partial charge >= 0.3 is 11.5 Å². The Balaban J connectivity index is 0.000000178. The second-order valence-electron chi connectivity index (χ2n) is 29.6. The molecule has 11 aromatic rings. The van der Waals surface area contributed by atoms with Gasteiger partial charge < -0.3 is 64.0 Å². The highest BCUT2D eigenvalue weighted by Gasteiger charge is 2.31. The molecule has 109 heavy (non-hydrogen) atoms. The Hall–Kier alpha value is -10.1. The Morgan fingerprint density at radius 3 is 1.48 bits per heavy atom. The van der Waals surface area contributed by atoms with Crippen molar-refractivity contribution in [2.24, 2.45) is 0 Å². The molecule has 580 valence electrons. The molecule has 0 radical (unpaired) electrons. The number of nitro groups is 1. The highest BCUT2D eigenvalue weighted by Crippen LogP contribution is 2.45. The number of nitrogens with one attached hydrogen (secondary N) is 4. The van der Waals surface area contributed by atoms with E-state index >= 15 is 0 Å². The van der Waals surface area contributed by atoms with Gasteiger partial charge in [0.25, 0.3) is 5.69 Å². The van der Waals surface area contributed by atoms with E-state index in [4.69, 9.17) is 65.3 Å². The summed E-state index contributed by atoms with van der Waals surface area (Å²) >= 11 is 4.92. The molecule has 27 heteroatoms. The minimum atomic E-state index is -0.978. The van der Waals surface area contributed by atoms with Crippen LogP contribution in [-0.4, -0.2) is 176 Å². The topological polar surface area (TPSA) is 318 Å². The lowest BCUT2D eigenvalue weighted by molar-refractivity contribution is -0.384. The summed E-state index contributed by atoms with van der Waals surface area (Å²) in [4.78, 5) is 66.9. The van der Waals surface area contributed by atoms with Gasteiger partial charge in [0.05, 0.1) is 63.8 Å². The zero-order chi connectivity index (χ0) is 76.2. The fourth-order valence-corrected chi connectivity index (χ4v) is 15.0. The minimum Gasteiger partial charge on any atom is -0.496 e. The van der Waals surface area contributed by atoms with Gasteiger partial charge in [0.2, 0.25) is 0 Å². The van der Waals surface area contributed by atoms with Crippen LogP contribution in [0, 0.1) is 51.7 Å². The van der Waals surface area contributed by atoms with Crippen LogP contribution in [0.4, 0.5) is 26.7 Å². The average Bonchev–Trinajstić information content (AvgIpc) is 1.62. The van der Waals surface area contributed by atoms with Gasteiger partial charge in [0.1, 0.15) is 51.7 Å². The Morgan fingerprint density at radius 2 is 1.06 bits per heavy atom. The van der Waals surface area contributed by atoms with E-state index in [1.165, 1.54) is 50.2 Å². The first-order valence-corrected chi connectivity index (χ1v) is 36.7. The van der Waals surface area contributed by atoms with Gasteiger partial charge in [-0.15, -0.1) is 0 Å². The number of aryl methyl sites for hydroxylation is 6. The van der Waals surface area contributed by atoms with Crippen LogP contribution in [0.3, 0.4) is 0 Å². The lowest BCUT2D eigenvalue weighted by Crippen LogP contribution is -2.53. The highest BCUT2D eigenvalue weighted by molar-refractivity contribution is 6.61. The molecular weight excluding hydrogens is 1410 g/mol. The number of urea groups is 1. The van der Waals surface area contributed by atoms with Gasteiger partial charge in [-0.3, -0.25) is 19.9 Å². The van der Waals surface area contributed by atoms with Crippen molar-refractivity contribution in [3.63, 3.8) is 0 Å². The van der Waals surface area contributed by atoms with Gasteiger partial charge in [-0.25, -0.2) is 29.5 Å². The molecule has 0 atom stereocenters. The molecule has 6 N–H and O–H groups in total. The zero-order valence-corrected chi connectivity index (χ0v) is 64.2. The summed E-state index contributed by atoms with van der Waals surface area (Å²) in [6.45, 7) is 36.1. The number of H-pyrrole nitrogens is 2. The van der Waals surface area contributed by atoms with Gasteiger partial charge in [0.15, 0.2) is 0 Å². The zero-order valence-electron chi connectivity index (χ0n) is 63.5. The van der Waals surface area contributed by atoms with E-state index in [2.05, 4.69) is 111 Å².